The van der Waals surface area contributed by atoms with Crippen LogP contribution < -0.4 is 0 Å². The van der Waals surface area contributed by atoms with Gasteiger partial charge in [-0.1, -0.05) is 65.8 Å². The van der Waals surface area contributed by atoms with Crippen LogP contribution >= 0.6 is 23.4 Å². The van der Waals surface area contributed by atoms with Gasteiger partial charge in [0.1, 0.15) is 5.03 Å². The molecule has 1 heterocycles. The van der Waals surface area contributed by atoms with Gasteiger partial charge in [0, 0.05) is 16.3 Å². The Kier molecular flexibility index (Phi) is 4.53. The first-order valence-electron chi connectivity index (χ1n) is 6.58. The molecule has 0 N–H and O–H groups in total. The van der Waals surface area contributed by atoms with Crippen molar-refractivity contribution < 1.29 is 0 Å². The molecular weight excluding hydrogens is 300 g/mol. The molecule has 0 aliphatic carbocycles. The number of hydrogen-bond donors (Lipinski definition) is 0. The topological polar surface area (TPSA) is 25.8 Å². The van der Waals surface area contributed by atoms with Crippen LogP contribution in [0.15, 0.2) is 71.8 Å². The van der Waals surface area contributed by atoms with Crippen LogP contribution in [0, 0.1) is 0 Å². The molecule has 0 fully saturated rings. The highest BCUT2D eigenvalue weighted by Gasteiger charge is 2.02. The number of nitrogens with zero attached hydrogens (tertiary/aromatic N) is 2. The van der Waals surface area contributed by atoms with Gasteiger partial charge in [0.15, 0.2) is 0 Å². The number of benzene rings is 2. The van der Waals surface area contributed by atoms with E-state index in [0.29, 0.717) is 0 Å². The van der Waals surface area contributed by atoms with Crippen molar-refractivity contribution in [1.29, 1.82) is 0 Å². The highest BCUT2D eigenvalue weighted by atomic mass is 35.5. The molecule has 0 bridgehead atoms. The van der Waals surface area contributed by atoms with E-state index in [1.165, 1.54) is 5.56 Å². The number of thioether (sulfide) groups is 1. The van der Waals surface area contributed by atoms with Crippen molar-refractivity contribution >= 4 is 23.4 Å². The first-order valence-corrected chi connectivity index (χ1v) is 7.94. The summed E-state index contributed by atoms with van der Waals surface area (Å²) in [5, 5.41) is 10.2. The Morgan fingerprint density at radius 2 is 1.57 bits per heavy atom. The molecule has 4 heteroatoms. The molecule has 1 aromatic heterocycles. The predicted octanol–water partition coefficient (Wildman–Crippen LogP) is 5.09. The summed E-state index contributed by atoms with van der Waals surface area (Å²) in [5.41, 5.74) is 3.16. The summed E-state index contributed by atoms with van der Waals surface area (Å²) in [6, 6.07) is 21.9. The maximum absolute atomic E-state index is 5.88. The SMILES string of the molecule is Clc1ccc(-c2ccc(SCc3ccccc3)nn2)cc1. The van der Waals surface area contributed by atoms with Crippen molar-refractivity contribution in [3.63, 3.8) is 0 Å². The third-order valence-electron chi connectivity index (χ3n) is 3.01. The molecule has 0 saturated heterocycles. The Balaban J connectivity index is 1.68. The van der Waals surface area contributed by atoms with Crippen LogP contribution in [0.25, 0.3) is 11.3 Å². The normalized spacial score (nSPS) is 10.5. The quantitative estimate of drug-likeness (QED) is 0.628. The Bertz CT molecular complexity index is 697. The van der Waals surface area contributed by atoms with Gasteiger partial charge < -0.3 is 0 Å². The Hall–Kier alpha value is -1.84. The summed E-state index contributed by atoms with van der Waals surface area (Å²) < 4.78 is 0. The minimum atomic E-state index is 0.724. The van der Waals surface area contributed by atoms with Gasteiger partial charge in [-0.25, -0.2) is 0 Å². The lowest BCUT2D eigenvalue weighted by Crippen LogP contribution is -1.90. The van der Waals surface area contributed by atoms with Crippen LogP contribution in [0.5, 0.6) is 0 Å². The van der Waals surface area contributed by atoms with Gasteiger partial charge in [-0.15, -0.1) is 10.2 Å². The highest BCUT2D eigenvalue weighted by Crippen LogP contribution is 2.23. The number of hydrogen-bond acceptors (Lipinski definition) is 3. The van der Waals surface area contributed by atoms with Gasteiger partial charge >= 0.3 is 0 Å². The van der Waals surface area contributed by atoms with E-state index in [4.69, 9.17) is 11.6 Å². The molecule has 0 radical (unpaired) electrons. The van der Waals surface area contributed by atoms with Gasteiger partial charge in [-0.05, 0) is 29.8 Å². The molecule has 2 aromatic carbocycles. The molecule has 0 amide bonds. The van der Waals surface area contributed by atoms with Crippen LogP contribution in [0.2, 0.25) is 5.02 Å². The molecule has 0 unspecified atom stereocenters. The maximum Gasteiger partial charge on any atom is 0.119 e. The summed E-state index contributed by atoms with van der Waals surface area (Å²) >= 11 is 7.57. The van der Waals surface area contributed by atoms with Crippen molar-refractivity contribution in [2.45, 2.75) is 10.8 Å². The molecule has 3 rings (SSSR count). The smallest absolute Gasteiger partial charge is 0.119 e. The van der Waals surface area contributed by atoms with Gasteiger partial charge in [0.2, 0.25) is 0 Å². The zero-order valence-corrected chi connectivity index (χ0v) is 12.8. The Morgan fingerprint density at radius 1 is 0.810 bits per heavy atom. The van der Waals surface area contributed by atoms with E-state index >= 15 is 0 Å². The summed E-state index contributed by atoms with van der Waals surface area (Å²) in [6.45, 7) is 0. The van der Waals surface area contributed by atoms with E-state index in [1.807, 2.05) is 54.6 Å². The molecule has 2 nitrogen and oxygen atoms in total. The second-order valence-corrected chi connectivity index (χ2v) is 5.97. The molecular formula is C17H13ClN2S. The second-order valence-electron chi connectivity index (χ2n) is 4.54. The standard InChI is InChI=1S/C17H13ClN2S/c18-15-8-6-14(7-9-15)16-10-11-17(20-19-16)21-12-13-4-2-1-3-5-13/h1-11H,12H2. The van der Waals surface area contributed by atoms with E-state index in [2.05, 4.69) is 22.3 Å². The van der Waals surface area contributed by atoms with Crippen LogP contribution in [-0.4, -0.2) is 10.2 Å². The van der Waals surface area contributed by atoms with Crippen molar-refractivity contribution in [1.82, 2.24) is 10.2 Å². The monoisotopic (exact) mass is 312 g/mol. The first-order chi connectivity index (χ1) is 10.3. The molecule has 21 heavy (non-hydrogen) atoms. The fourth-order valence-corrected chi connectivity index (χ4v) is 2.80. The molecule has 0 aliphatic heterocycles. The van der Waals surface area contributed by atoms with Crippen LogP contribution in [-0.2, 0) is 5.75 Å². The Morgan fingerprint density at radius 3 is 2.24 bits per heavy atom. The van der Waals surface area contributed by atoms with E-state index in [9.17, 15) is 0 Å². The zero-order chi connectivity index (χ0) is 14.5. The van der Waals surface area contributed by atoms with Crippen LogP contribution in [0.1, 0.15) is 5.56 Å². The van der Waals surface area contributed by atoms with E-state index in [-0.39, 0.29) is 0 Å². The van der Waals surface area contributed by atoms with Crippen molar-refractivity contribution in [3.05, 3.63) is 77.3 Å². The fourth-order valence-electron chi connectivity index (χ4n) is 1.90. The van der Waals surface area contributed by atoms with Gasteiger partial charge in [0.05, 0.1) is 5.69 Å². The van der Waals surface area contributed by atoms with Crippen LogP contribution in [0.3, 0.4) is 0 Å². The molecule has 0 atom stereocenters. The lowest BCUT2D eigenvalue weighted by molar-refractivity contribution is 0.935. The largest absolute Gasteiger partial charge is 0.149 e. The summed E-state index contributed by atoms with van der Waals surface area (Å²) in [5.74, 6) is 0.899. The lowest BCUT2D eigenvalue weighted by Gasteiger charge is -2.03. The number of halogens is 1. The lowest BCUT2D eigenvalue weighted by atomic mass is 10.1. The van der Waals surface area contributed by atoms with E-state index < -0.39 is 0 Å². The van der Waals surface area contributed by atoms with E-state index in [0.717, 1.165) is 27.1 Å². The predicted molar refractivity (Wildman–Crippen MR) is 88.5 cm³/mol. The third kappa shape index (κ3) is 3.84. The van der Waals surface area contributed by atoms with Crippen molar-refractivity contribution in [2.24, 2.45) is 0 Å². The van der Waals surface area contributed by atoms with Gasteiger partial charge in [-0.3, -0.25) is 0 Å². The minimum absolute atomic E-state index is 0.724. The molecule has 0 saturated carbocycles. The first kappa shape index (κ1) is 14.1. The molecule has 0 aliphatic rings. The average Bonchev–Trinajstić information content (AvgIpc) is 2.55. The summed E-state index contributed by atoms with van der Waals surface area (Å²) in [7, 11) is 0. The molecule has 104 valence electrons. The van der Waals surface area contributed by atoms with E-state index in [1.54, 1.807) is 11.8 Å². The highest BCUT2D eigenvalue weighted by molar-refractivity contribution is 7.98. The maximum atomic E-state index is 5.88. The number of rotatable bonds is 4. The fraction of sp³-hybridized carbons (Fsp3) is 0.0588. The van der Waals surface area contributed by atoms with Gasteiger partial charge in [0.25, 0.3) is 0 Å². The number of aromatic nitrogens is 2. The van der Waals surface area contributed by atoms with Gasteiger partial charge in [-0.2, -0.15) is 0 Å². The summed E-state index contributed by atoms with van der Waals surface area (Å²) in [4.78, 5) is 0. The summed E-state index contributed by atoms with van der Waals surface area (Å²) in [6.07, 6.45) is 0. The molecule has 0 spiro atoms. The Labute approximate surface area is 133 Å². The average molecular weight is 313 g/mol. The van der Waals surface area contributed by atoms with Crippen LogP contribution in [0.4, 0.5) is 0 Å². The molecule has 3 aromatic rings. The second kappa shape index (κ2) is 6.74. The third-order valence-corrected chi connectivity index (χ3v) is 4.25. The zero-order valence-electron chi connectivity index (χ0n) is 11.2. The van der Waals surface area contributed by atoms with Crippen molar-refractivity contribution in [3.8, 4) is 11.3 Å². The van der Waals surface area contributed by atoms with Crippen molar-refractivity contribution in [2.75, 3.05) is 0 Å². The minimum Gasteiger partial charge on any atom is -0.149 e.